The first kappa shape index (κ1) is 32.2. The van der Waals surface area contributed by atoms with Crippen molar-refractivity contribution in [3.63, 3.8) is 0 Å². The molecule has 0 aromatic heterocycles. The molecule has 0 saturated carbocycles. The molecule has 0 aliphatic carbocycles. The maximum Gasteiger partial charge on any atom is 0.192 e. The lowest BCUT2D eigenvalue weighted by molar-refractivity contribution is -0.162. The third-order valence-corrected chi connectivity index (χ3v) is 19.1. The van der Waals surface area contributed by atoms with Crippen LogP contribution in [0.5, 0.6) is 5.75 Å². The highest BCUT2D eigenvalue weighted by Gasteiger charge is 2.46. The first-order chi connectivity index (χ1) is 16.4. The van der Waals surface area contributed by atoms with Gasteiger partial charge < -0.3 is 23.1 Å². The summed E-state index contributed by atoms with van der Waals surface area (Å²) >= 11 is 2.52. The van der Waals surface area contributed by atoms with Crippen LogP contribution in [0, 0.1) is 5.92 Å². The van der Waals surface area contributed by atoms with Gasteiger partial charge in [0.2, 0.25) is 0 Å². The van der Waals surface area contributed by atoms with Crippen LogP contribution in [0.4, 0.5) is 0 Å². The summed E-state index contributed by atoms with van der Waals surface area (Å²) in [5.41, 5.74) is 1.14. The van der Waals surface area contributed by atoms with E-state index in [1.807, 2.05) is 12.1 Å². The van der Waals surface area contributed by atoms with Gasteiger partial charge in [-0.15, -0.1) is 0 Å². The van der Waals surface area contributed by atoms with Crippen molar-refractivity contribution in [2.24, 2.45) is 5.92 Å². The van der Waals surface area contributed by atoms with Gasteiger partial charge in [-0.3, -0.25) is 0 Å². The van der Waals surface area contributed by atoms with E-state index in [4.69, 9.17) is 23.1 Å². The molecule has 1 aromatic carbocycles. The van der Waals surface area contributed by atoms with Gasteiger partial charge in [0.1, 0.15) is 5.75 Å². The van der Waals surface area contributed by atoms with Crippen LogP contribution in [0.15, 0.2) is 24.3 Å². The van der Waals surface area contributed by atoms with Gasteiger partial charge in [-0.25, -0.2) is 0 Å². The first-order valence-corrected chi connectivity index (χ1v) is 20.3. The summed E-state index contributed by atoms with van der Waals surface area (Å²) in [5, 5.41) is 0.316. The molecule has 8 heteroatoms. The zero-order valence-electron chi connectivity index (χ0n) is 24.7. The maximum absolute atomic E-state index is 6.73. The molecule has 1 aromatic rings. The molecule has 36 heavy (non-hydrogen) atoms. The molecule has 0 amide bonds. The fourth-order valence-electron chi connectivity index (χ4n) is 3.63. The van der Waals surface area contributed by atoms with Gasteiger partial charge in [0.25, 0.3) is 0 Å². The SMILES string of the molecule is COc1ccc(CO[C@@H]2[C@@H](C)[C@@H](CO[Si](C)(C)C(C)(C)C)OC(CO[Si](C)(C)C(C)(C)C)[C@@H]2I)cc1. The smallest absolute Gasteiger partial charge is 0.192 e. The van der Waals surface area contributed by atoms with Crippen LogP contribution in [0.2, 0.25) is 36.3 Å². The molecule has 1 unspecified atom stereocenters. The van der Waals surface area contributed by atoms with Crippen molar-refractivity contribution < 1.29 is 23.1 Å². The van der Waals surface area contributed by atoms with Gasteiger partial charge in [0.15, 0.2) is 16.6 Å². The van der Waals surface area contributed by atoms with E-state index in [-0.39, 0.29) is 38.2 Å². The molecular weight excluding hydrogens is 599 g/mol. The minimum atomic E-state index is -1.89. The van der Waals surface area contributed by atoms with Crippen LogP contribution in [-0.2, 0) is 24.9 Å². The summed E-state index contributed by atoms with van der Waals surface area (Å²) in [6.07, 6.45) is -0.0219. The van der Waals surface area contributed by atoms with Crippen LogP contribution in [-0.4, -0.2) is 59.2 Å². The largest absolute Gasteiger partial charge is 0.497 e. The molecule has 0 bridgehead atoms. The summed E-state index contributed by atoms with van der Waals surface area (Å²) < 4.78 is 32.1. The molecule has 1 aliphatic rings. The minimum Gasteiger partial charge on any atom is -0.497 e. The van der Waals surface area contributed by atoms with Crippen LogP contribution < -0.4 is 4.74 Å². The predicted octanol–water partition coefficient (Wildman–Crippen LogP) is 7.83. The van der Waals surface area contributed by atoms with Gasteiger partial charge in [0, 0.05) is 5.92 Å². The third-order valence-electron chi connectivity index (χ3n) is 8.55. The molecule has 208 valence electrons. The number of halogens is 1. The Morgan fingerprint density at radius 3 is 1.75 bits per heavy atom. The summed E-state index contributed by atoms with van der Waals surface area (Å²) in [5.74, 6) is 1.06. The third kappa shape index (κ3) is 8.26. The fraction of sp³-hybridized carbons (Fsp3) is 0.786. The predicted molar refractivity (Wildman–Crippen MR) is 164 cm³/mol. The van der Waals surface area contributed by atoms with E-state index in [0.29, 0.717) is 19.8 Å². The Morgan fingerprint density at radius 1 is 0.833 bits per heavy atom. The number of alkyl halides is 1. The summed E-state index contributed by atoms with van der Waals surface area (Å²) in [6, 6.07) is 8.11. The van der Waals surface area contributed by atoms with E-state index in [2.05, 4.69) is 109 Å². The number of hydrogen-bond acceptors (Lipinski definition) is 5. The highest BCUT2D eigenvalue weighted by molar-refractivity contribution is 14.1. The average Bonchev–Trinajstić information content (AvgIpc) is 2.76. The average molecular weight is 651 g/mol. The molecule has 1 fully saturated rings. The molecule has 1 heterocycles. The van der Waals surface area contributed by atoms with E-state index in [9.17, 15) is 0 Å². The molecule has 0 N–H and O–H groups in total. The lowest BCUT2D eigenvalue weighted by atomic mass is 9.90. The normalized spacial score (nSPS) is 26.2. The highest BCUT2D eigenvalue weighted by Crippen LogP contribution is 2.40. The molecule has 0 spiro atoms. The summed E-state index contributed by atoms with van der Waals surface area (Å²) in [6.45, 7) is 26.9. The second kappa shape index (κ2) is 12.5. The molecule has 0 radical (unpaired) electrons. The number of ether oxygens (including phenoxy) is 3. The number of methoxy groups -OCH3 is 1. The van der Waals surface area contributed by atoms with E-state index in [0.717, 1.165) is 11.3 Å². The van der Waals surface area contributed by atoms with Crippen molar-refractivity contribution >= 4 is 39.2 Å². The lowest BCUT2D eigenvalue weighted by Crippen LogP contribution is -2.57. The Balaban J connectivity index is 2.19. The number of rotatable bonds is 10. The van der Waals surface area contributed by atoms with Crippen molar-refractivity contribution in [3.05, 3.63) is 29.8 Å². The van der Waals surface area contributed by atoms with Gasteiger partial charge in [-0.05, 0) is 54.0 Å². The second-order valence-electron chi connectivity index (χ2n) is 13.3. The second-order valence-corrected chi connectivity index (χ2v) is 24.3. The molecule has 1 saturated heterocycles. The first-order valence-electron chi connectivity index (χ1n) is 13.2. The maximum atomic E-state index is 6.73. The monoisotopic (exact) mass is 650 g/mol. The lowest BCUT2D eigenvalue weighted by Gasteiger charge is -2.46. The van der Waals surface area contributed by atoms with Crippen LogP contribution in [0.1, 0.15) is 54.0 Å². The summed E-state index contributed by atoms with van der Waals surface area (Å²) in [4.78, 5) is 0. The Bertz CT molecular complexity index is 775. The van der Waals surface area contributed by atoms with E-state index >= 15 is 0 Å². The Kier molecular flexibility index (Phi) is 11.2. The summed E-state index contributed by atoms with van der Waals surface area (Å²) in [7, 11) is -2.10. The van der Waals surface area contributed by atoms with E-state index in [1.165, 1.54) is 0 Å². The number of benzene rings is 1. The highest BCUT2D eigenvalue weighted by atomic mass is 127. The van der Waals surface area contributed by atoms with Crippen LogP contribution in [0.3, 0.4) is 0 Å². The van der Waals surface area contributed by atoms with Crippen molar-refractivity contribution in [3.8, 4) is 5.75 Å². The molecule has 1 aliphatic heterocycles. The van der Waals surface area contributed by atoms with Gasteiger partial charge >= 0.3 is 0 Å². The van der Waals surface area contributed by atoms with Crippen molar-refractivity contribution in [2.45, 2.75) is 114 Å². The van der Waals surface area contributed by atoms with Gasteiger partial charge in [0.05, 0.1) is 49.2 Å². The fourth-order valence-corrected chi connectivity index (χ4v) is 6.90. The van der Waals surface area contributed by atoms with Gasteiger partial charge in [-0.2, -0.15) is 0 Å². The van der Waals surface area contributed by atoms with Crippen molar-refractivity contribution in [1.82, 2.24) is 0 Å². The Hall–Kier alpha value is 0.0238. The van der Waals surface area contributed by atoms with E-state index in [1.54, 1.807) is 7.11 Å². The van der Waals surface area contributed by atoms with Crippen molar-refractivity contribution in [1.29, 1.82) is 0 Å². The number of hydrogen-bond donors (Lipinski definition) is 0. The molecule has 2 rings (SSSR count). The van der Waals surface area contributed by atoms with E-state index < -0.39 is 16.6 Å². The Morgan fingerprint density at radius 2 is 1.31 bits per heavy atom. The standard InChI is InChI=1S/C28H51IO5Si2/c1-20-23(18-32-35(9,10)27(2,3)4)34-24(19-33-36(11,12)28(5,6)7)25(29)26(20)31-17-21-13-15-22(30-8)16-14-21/h13-16,20,23-26H,17-19H2,1-12H3/t20-,23+,24?,25-,26+/m0/s1. The topological polar surface area (TPSA) is 46.2 Å². The quantitative estimate of drug-likeness (QED) is 0.147. The van der Waals surface area contributed by atoms with Crippen LogP contribution >= 0.6 is 22.6 Å². The van der Waals surface area contributed by atoms with Gasteiger partial charge in [-0.1, -0.05) is 83.2 Å². The molecule has 5 atom stereocenters. The Labute approximate surface area is 236 Å². The molecule has 5 nitrogen and oxygen atoms in total. The van der Waals surface area contributed by atoms with Crippen molar-refractivity contribution in [2.75, 3.05) is 20.3 Å². The zero-order chi connectivity index (χ0) is 27.5. The molecular formula is C28H51IO5Si2. The zero-order valence-corrected chi connectivity index (χ0v) is 28.9. The minimum absolute atomic E-state index is 0.0287. The van der Waals surface area contributed by atoms with Crippen LogP contribution in [0.25, 0.3) is 0 Å².